The van der Waals surface area contributed by atoms with Crippen molar-refractivity contribution in [2.24, 2.45) is 0 Å². The van der Waals surface area contributed by atoms with Crippen LogP contribution in [0.1, 0.15) is 0 Å². The third kappa shape index (κ3) is 1.96. The summed E-state index contributed by atoms with van der Waals surface area (Å²) in [6, 6.07) is 4.85. The molecule has 4 heteroatoms. The summed E-state index contributed by atoms with van der Waals surface area (Å²) < 4.78 is 23.0. The lowest BCUT2D eigenvalue weighted by Gasteiger charge is -2.27. The predicted octanol–water partition coefficient (Wildman–Crippen LogP) is 1.65. The molecule has 76 valence electrons. The van der Waals surface area contributed by atoms with Crippen LogP contribution >= 0.6 is 0 Å². The van der Waals surface area contributed by atoms with Gasteiger partial charge in [-0.05, 0) is 6.07 Å². The van der Waals surface area contributed by atoms with Crippen LogP contribution in [0.2, 0.25) is 0 Å². The van der Waals surface area contributed by atoms with Crippen LogP contribution in [0.5, 0.6) is 5.75 Å². The molecule has 1 saturated heterocycles. The minimum absolute atomic E-state index is 0.293. The molecule has 1 N–H and O–H groups in total. The fourth-order valence-electron chi connectivity index (χ4n) is 1.32. The van der Waals surface area contributed by atoms with E-state index in [9.17, 15) is 4.39 Å². The van der Waals surface area contributed by atoms with Gasteiger partial charge in [-0.25, -0.2) is 4.39 Å². The SMILES string of the molecule is COc1cc(F)cc(NC2COC2)c1. The lowest BCUT2D eigenvalue weighted by atomic mass is 10.2. The lowest BCUT2D eigenvalue weighted by Crippen LogP contribution is -2.40. The highest BCUT2D eigenvalue weighted by Gasteiger charge is 2.18. The average molecular weight is 197 g/mol. The smallest absolute Gasteiger partial charge is 0.128 e. The number of rotatable bonds is 3. The normalized spacial score (nSPS) is 16.1. The Kier molecular flexibility index (Phi) is 2.54. The Morgan fingerprint density at radius 3 is 2.79 bits per heavy atom. The summed E-state index contributed by atoms with van der Waals surface area (Å²) in [4.78, 5) is 0. The summed E-state index contributed by atoms with van der Waals surface area (Å²) in [7, 11) is 1.52. The number of nitrogens with one attached hydrogen (secondary N) is 1. The van der Waals surface area contributed by atoms with Crippen molar-refractivity contribution in [2.45, 2.75) is 6.04 Å². The minimum atomic E-state index is -0.299. The van der Waals surface area contributed by atoms with E-state index in [1.165, 1.54) is 19.2 Å². The molecule has 2 rings (SSSR count). The topological polar surface area (TPSA) is 30.5 Å². The van der Waals surface area contributed by atoms with E-state index in [0.717, 1.165) is 5.69 Å². The first-order valence-electron chi connectivity index (χ1n) is 4.47. The van der Waals surface area contributed by atoms with Gasteiger partial charge < -0.3 is 14.8 Å². The van der Waals surface area contributed by atoms with Crippen LogP contribution in [0.3, 0.4) is 0 Å². The van der Waals surface area contributed by atoms with Gasteiger partial charge in [0.25, 0.3) is 0 Å². The molecule has 0 saturated carbocycles. The number of anilines is 1. The highest BCUT2D eigenvalue weighted by molar-refractivity contribution is 5.49. The number of ether oxygens (including phenoxy) is 2. The van der Waals surface area contributed by atoms with Gasteiger partial charge in [0.15, 0.2) is 0 Å². The third-order valence-electron chi connectivity index (χ3n) is 2.12. The fraction of sp³-hybridized carbons (Fsp3) is 0.400. The van der Waals surface area contributed by atoms with Crippen LogP contribution in [-0.2, 0) is 4.74 Å². The molecule has 1 aromatic carbocycles. The monoisotopic (exact) mass is 197 g/mol. The van der Waals surface area contributed by atoms with Gasteiger partial charge in [-0.1, -0.05) is 0 Å². The van der Waals surface area contributed by atoms with Gasteiger partial charge in [-0.3, -0.25) is 0 Å². The Balaban J connectivity index is 2.11. The van der Waals surface area contributed by atoms with Crippen LogP contribution < -0.4 is 10.1 Å². The van der Waals surface area contributed by atoms with Gasteiger partial charge in [-0.2, -0.15) is 0 Å². The number of halogens is 1. The number of hydrogen-bond donors (Lipinski definition) is 1. The van der Waals surface area contributed by atoms with Crippen molar-refractivity contribution >= 4 is 5.69 Å². The molecule has 1 aromatic rings. The summed E-state index contributed by atoms with van der Waals surface area (Å²) in [5.74, 6) is 0.222. The van der Waals surface area contributed by atoms with E-state index in [1.54, 1.807) is 6.07 Å². The third-order valence-corrected chi connectivity index (χ3v) is 2.12. The summed E-state index contributed by atoms with van der Waals surface area (Å²) >= 11 is 0. The van der Waals surface area contributed by atoms with Crippen LogP contribution in [-0.4, -0.2) is 26.4 Å². The molecule has 0 amide bonds. The van der Waals surface area contributed by atoms with Gasteiger partial charge in [0.2, 0.25) is 0 Å². The van der Waals surface area contributed by atoms with Crippen molar-refractivity contribution in [3.63, 3.8) is 0 Å². The van der Waals surface area contributed by atoms with Crippen molar-refractivity contribution in [1.82, 2.24) is 0 Å². The van der Waals surface area contributed by atoms with Crippen molar-refractivity contribution < 1.29 is 13.9 Å². The van der Waals surface area contributed by atoms with Crippen LogP contribution in [0.15, 0.2) is 18.2 Å². The van der Waals surface area contributed by atoms with Gasteiger partial charge in [-0.15, -0.1) is 0 Å². The minimum Gasteiger partial charge on any atom is -0.497 e. The second kappa shape index (κ2) is 3.84. The number of hydrogen-bond acceptors (Lipinski definition) is 3. The second-order valence-electron chi connectivity index (χ2n) is 3.26. The van der Waals surface area contributed by atoms with Crippen molar-refractivity contribution in [2.75, 3.05) is 25.6 Å². The lowest BCUT2D eigenvalue weighted by molar-refractivity contribution is 0.0211. The van der Waals surface area contributed by atoms with E-state index < -0.39 is 0 Å². The van der Waals surface area contributed by atoms with E-state index >= 15 is 0 Å². The molecule has 0 atom stereocenters. The van der Waals surface area contributed by atoms with Gasteiger partial charge >= 0.3 is 0 Å². The van der Waals surface area contributed by atoms with E-state index in [0.29, 0.717) is 25.0 Å². The molecular weight excluding hydrogens is 185 g/mol. The van der Waals surface area contributed by atoms with E-state index in [-0.39, 0.29) is 5.82 Å². The largest absolute Gasteiger partial charge is 0.497 e. The molecule has 0 aliphatic carbocycles. The summed E-state index contributed by atoms with van der Waals surface area (Å²) in [6.45, 7) is 1.36. The van der Waals surface area contributed by atoms with Crippen LogP contribution in [0, 0.1) is 5.82 Å². The van der Waals surface area contributed by atoms with E-state index in [2.05, 4.69) is 5.32 Å². The van der Waals surface area contributed by atoms with Crippen molar-refractivity contribution in [3.05, 3.63) is 24.0 Å². The summed E-state index contributed by atoms with van der Waals surface area (Å²) in [5, 5.41) is 3.15. The van der Waals surface area contributed by atoms with Crippen molar-refractivity contribution in [1.29, 1.82) is 0 Å². The molecule has 0 unspecified atom stereocenters. The predicted molar refractivity (Wildman–Crippen MR) is 51.2 cm³/mol. The summed E-state index contributed by atoms with van der Waals surface area (Å²) in [6.07, 6.45) is 0. The average Bonchev–Trinajstić information content (AvgIpc) is 2.10. The second-order valence-corrected chi connectivity index (χ2v) is 3.26. The molecule has 0 spiro atoms. The Morgan fingerprint density at radius 2 is 2.21 bits per heavy atom. The molecule has 1 fully saturated rings. The molecular formula is C10H12FNO2. The zero-order valence-corrected chi connectivity index (χ0v) is 7.92. The number of benzene rings is 1. The van der Waals surface area contributed by atoms with Crippen LogP contribution in [0.25, 0.3) is 0 Å². The molecule has 14 heavy (non-hydrogen) atoms. The maximum absolute atomic E-state index is 13.0. The summed E-state index contributed by atoms with van der Waals surface area (Å²) in [5.41, 5.74) is 0.732. The first-order valence-corrected chi connectivity index (χ1v) is 4.47. The maximum Gasteiger partial charge on any atom is 0.128 e. The molecule has 1 aliphatic rings. The molecule has 0 aromatic heterocycles. The zero-order valence-electron chi connectivity index (χ0n) is 7.92. The molecule has 0 radical (unpaired) electrons. The highest BCUT2D eigenvalue weighted by atomic mass is 19.1. The number of methoxy groups -OCH3 is 1. The van der Waals surface area contributed by atoms with E-state index in [1.807, 2.05) is 0 Å². The van der Waals surface area contributed by atoms with Gasteiger partial charge in [0.05, 0.1) is 26.4 Å². The quantitative estimate of drug-likeness (QED) is 0.799. The standard InChI is InChI=1S/C10H12FNO2/c1-13-10-3-7(11)2-8(4-10)12-9-5-14-6-9/h2-4,9,12H,5-6H2,1H3. The van der Waals surface area contributed by atoms with Crippen LogP contribution in [0.4, 0.5) is 10.1 Å². The molecule has 1 aliphatic heterocycles. The van der Waals surface area contributed by atoms with E-state index in [4.69, 9.17) is 9.47 Å². The highest BCUT2D eigenvalue weighted by Crippen LogP contribution is 2.21. The maximum atomic E-state index is 13.0. The fourth-order valence-corrected chi connectivity index (χ4v) is 1.32. The first-order chi connectivity index (χ1) is 6.78. The molecule has 1 heterocycles. The van der Waals surface area contributed by atoms with Gasteiger partial charge in [0, 0.05) is 17.8 Å². The Labute approximate surface area is 81.8 Å². The first kappa shape index (κ1) is 9.27. The zero-order chi connectivity index (χ0) is 9.97. The molecule has 3 nitrogen and oxygen atoms in total. The Morgan fingerprint density at radius 1 is 1.43 bits per heavy atom. The molecule has 0 bridgehead atoms. The Bertz CT molecular complexity index is 326. The Hall–Kier alpha value is -1.29. The van der Waals surface area contributed by atoms with Gasteiger partial charge in [0.1, 0.15) is 11.6 Å². The van der Waals surface area contributed by atoms with Crippen molar-refractivity contribution in [3.8, 4) is 5.75 Å².